The molecule has 6 nitrogen and oxygen atoms in total. The molecule has 0 radical (unpaired) electrons. The van der Waals surface area contributed by atoms with Crippen LogP contribution in [0.2, 0.25) is 0 Å². The molecular weight excluding hydrogens is 308 g/mol. The fourth-order valence-corrected chi connectivity index (χ4v) is 2.99. The molecule has 1 saturated carbocycles. The van der Waals surface area contributed by atoms with Crippen molar-refractivity contribution in [3.05, 3.63) is 29.8 Å². The van der Waals surface area contributed by atoms with Gasteiger partial charge in [0.15, 0.2) is 0 Å². The molecule has 0 spiro atoms. The lowest BCUT2D eigenvalue weighted by Gasteiger charge is -2.31. The molecule has 3 atom stereocenters. The first kappa shape index (κ1) is 18.4. The van der Waals surface area contributed by atoms with Crippen molar-refractivity contribution < 1.29 is 19.4 Å². The SMILES string of the molecule is COC1CC(C(=O)NCCC(=O)Nc2cccc(C)c2)CCC1O. The molecule has 132 valence electrons. The topological polar surface area (TPSA) is 87.7 Å². The molecule has 0 bridgehead atoms. The van der Waals surface area contributed by atoms with Crippen LogP contribution in [0.25, 0.3) is 0 Å². The first-order valence-corrected chi connectivity index (χ1v) is 8.34. The van der Waals surface area contributed by atoms with Gasteiger partial charge in [0.1, 0.15) is 0 Å². The highest BCUT2D eigenvalue weighted by Gasteiger charge is 2.32. The average Bonchev–Trinajstić information content (AvgIpc) is 2.55. The van der Waals surface area contributed by atoms with Crippen molar-refractivity contribution in [2.45, 2.75) is 44.8 Å². The second-order valence-electron chi connectivity index (χ2n) is 6.31. The van der Waals surface area contributed by atoms with Crippen molar-refractivity contribution in [1.82, 2.24) is 5.32 Å². The number of benzene rings is 1. The summed E-state index contributed by atoms with van der Waals surface area (Å²) in [5.74, 6) is -0.375. The maximum Gasteiger partial charge on any atom is 0.226 e. The summed E-state index contributed by atoms with van der Waals surface area (Å²) in [4.78, 5) is 24.1. The van der Waals surface area contributed by atoms with Gasteiger partial charge >= 0.3 is 0 Å². The van der Waals surface area contributed by atoms with Gasteiger partial charge in [0.05, 0.1) is 12.2 Å². The highest BCUT2D eigenvalue weighted by Crippen LogP contribution is 2.26. The molecule has 1 fully saturated rings. The molecule has 0 saturated heterocycles. The van der Waals surface area contributed by atoms with E-state index >= 15 is 0 Å². The van der Waals surface area contributed by atoms with Crippen molar-refractivity contribution in [3.63, 3.8) is 0 Å². The minimum Gasteiger partial charge on any atom is -0.390 e. The number of carbonyl (C=O) groups is 2. The summed E-state index contributed by atoms with van der Waals surface area (Å²) in [5, 5.41) is 15.4. The van der Waals surface area contributed by atoms with Gasteiger partial charge in [-0.1, -0.05) is 12.1 Å². The van der Waals surface area contributed by atoms with Crippen LogP contribution < -0.4 is 10.6 Å². The van der Waals surface area contributed by atoms with E-state index in [4.69, 9.17) is 4.74 Å². The molecule has 1 aromatic carbocycles. The summed E-state index contributed by atoms with van der Waals surface area (Å²) in [7, 11) is 1.55. The van der Waals surface area contributed by atoms with Crippen LogP contribution in [0.1, 0.15) is 31.2 Å². The number of methoxy groups -OCH3 is 1. The lowest BCUT2D eigenvalue weighted by molar-refractivity contribution is -0.130. The van der Waals surface area contributed by atoms with E-state index in [1.54, 1.807) is 7.11 Å². The Morgan fingerprint density at radius 3 is 2.83 bits per heavy atom. The Hall–Kier alpha value is -1.92. The molecule has 2 rings (SSSR count). The van der Waals surface area contributed by atoms with Gasteiger partial charge in [-0.3, -0.25) is 9.59 Å². The van der Waals surface area contributed by atoms with Gasteiger partial charge in [0.2, 0.25) is 11.8 Å². The smallest absolute Gasteiger partial charge is 0.226 e. The van der Waals surface area contributed by atoms with Crippen molar-refractivity contribution in [2.24, 2.45) is 5.92 Å². The summed E-state index contributed by atoms with van der Waals surface area (Å²) < 4.78 is 5.21. The highest BCUT2D eigenvalue weighted by atomic mass is 16.5. The first-order valence-electron chi connectivity index (χ1n) is 8.34. The van der Waals surface area contributed by atoms with Crippen molar-refractivity contribution >= 4 is 17.5 Å². The van der Waals surface area contributed by atoms with Crippen LogP contribution in [-0.2, 0) is 14.3 Å². The minimum atomic E-state index is -0.501. The molecule has 1 aliphatic rings. The van der Waals surface area contributed by atoms with Gasteiger partial charge in [-0.05, 0) is 43.9 Å². The van der Waals surface area contributed by atoms with E-state index in [0.717, 1.165) is 11.3 Å². The summed E-state index contributed by atoms with van der Waals surface area (Å²) in [6, 6.07) is 7.58. The molecule has 1 aliphatic carbocycles. The number of rotatable bonds is 6. The Balaban J connectivity index is 1.71. The van der Waals surface area contributed by atoms with Crippen LogP contribution in [-0.4, -0.2) is 42.8 Å². The van der Waals surface area contributed by atoms with Crippen molar-refractivity contribution in [3.8, 4) is 0 Å². The molecule has 0 aromatic heterocycles. The third-order valence-electron chi connectivity index (χ3n) is 4.38. The molecule has 1 aromatic rings. The minimum absolute atomic E-state index is 0.0766. The number of aliphatic hydroxyl groups excluding tert-OH is 1. The van der Waals surface area contributed by atoms with Gasteiger partial charge in [0, 0.05) is 31.7 Å². The van der Waals surface area contributed by atoms with Crippen molar-refractivity contribution in [2.75, 3.05) is 19.0 Å². The predicted octanol–water partition coefficient (Wildman–Crippen LogP) is 1.62. The van der Waals surface area contributed by atoms with E-state index in [2.05, 4.69) is 10.6 Å². The van der Waals surface area contributed by atoms with Gasteiger partial charge in [-0.15, -0.1) is 0 Å². The lowest BCUT2D eigenvalue weighted by Crippen LogP contribution is -2.42. The van der Waals surface area contributed by atoms with E-state index < -0.39 is 6.10 Å². The van der Waals surface area contributed by atoms with E-state index in [1.807, 2.05) is 31.2 Å². The van der Waals surface area contributed by atoms with Gasteiger partial charge in [-0.25, -0.2) is 0 Å². The van der Waals surface area contributed by atoms with E-state index in [9.17, 15) is 14.7 Å². The predicted molar refractivity (Wildman–Crippen MR) is 91.6 cm³/mol. The summed E-state index contributed by atoms with van der Waals surface area (Å²) in [6.07, 6.45) is 1.15. The number of ether oxygens (including phenoxy) is 1. The molecule has 6 heteroatoms. The standard InChI is InChI=1S/C18H26N2O4/c1-12-4-3-5-14(10-12)20-17(22)8-9-19-18(23)13-6-7-15(21)16(11-13)24-2/h3-5,10,13,15-16,21H,6-9,11H2,1-2H3,(H,19,23)(H,20,22). The van der Waals surface area contributed by atoms with Crippen LogP contribution >= 0.6 is 0 Å². The van der Waals surface area contributed by atoms with Crippen LogP contribution in [0.5, 0.6) is 0 Å². The first-order chi connectivity index (χ1) is 11.5. The Labute approximate surface area is 142 Å². The van der Waals surface area contributed by atoms with Crippen LogP contribution in [0.4, 0.5) is 5.69 Å². The van der Waals surface area contributed by atoms with Crippen molar-refractivity contribution in [1.29, 1.82) is 0 Å². The number of amides is 2. The normalized spacial score (nSPS) is 23.5. The van der Waals surface area contributed by atoms with Crippen LogP contribution in [0.3, 0.4) is 0 Å². The van der Waals surface area contributed by atoms with Gasteiger partial charge in [0.25, 0.3) is 0 Å². The van der Waals surface area contributed by atoms with E-state index in [1.165, 1.54) is 0 Å². The zero-order chi connectivity index (χ0) is 17.5. The van der Waals surface area contributed by atoms with E-state index in [-0.39, 0.29) is 30.3 Å². The number of anilines is 1. The molecule has 3 unspecified atom stereocenters. The quantitative estimate of drug-likeness (QED) is 0.738. The Morgan fingerprint density at radius 1 is 1.33 bits per heavy atom. The largest absolute Gasteiger partial charge is 0.390 e. The summed E-state index contributed by atoms with van der Waals surface area (Å²) in [5.41, 5.74) is 1.84. The monoisotopic (exact) mass is 334 g/mol. The molecule has 0 aliphatic heterocycles. The van der Waals surface area contributed by atoms with Crippen LogP contribution in [0.15, 0.2) is 24.3 Å². The second kappa shape index (κ2) is 8.80. The number of carbonyl (C=O) groups excluding carboxylic acids is 2. The molecule has 3 N–H and O–H groups in total. The maximum atomic E-state index is 12.2. The second-order valence-corrected chi connectivity index (χ2v) is 6.31. The number of hydrogen-bond donors (Lipinski definition) is 3. The fraction of sp³-hybridized carbons (Fsp3) is 0.556. The Kier molecular flexibility index (Phi) is 6.75. The molecule has 0 heterocycles. The third-order valence-corrected chi connectivity index (χ3v) is 4.38. The number of hydrogen-bond acceptors (Lipinski definition) is 4. The lowest BCUT2D eigenvalue weighted by atomic mass is 9.84. The molecule has 24 heavy (non-hydrogen) atoms. The molecule has 2 amide bonds. The summed E-state index contributed by atoms with van der Waals surface area (Å²) in [6.45, 7) is 2.26. The Bertz CT molecular complexity index is 576. The third kappa shape index (κ3) is 5.32. The zero-order valence-corrected chi connectivity index (χ0v) is 14.2. The molecular formula is C18H26N2O4. The van der Waals surface area contributed by atoms with Crippen LogP contribution in [0, 0.1) is 12.8 Å². The number of aryl methyl sites for hydroxylation is 1. The number of nitrogens with one attached hydrogen (secondary N) is 2. The number of aliphatic hydroxyl groups is 1. The van der Waals surface area contributed by atoms with E-state index in [0.29, 0.717) is 25.8 Å². The fourth-order valence-electron chi connectivity index (χ4n) is 2.99. The zero-order valence-electron chi connectivity index (χ0n) is 14.2. The van der Waals surface area contributed by atoms with Gasteiger partial charge in [-0.2, -0.15) is 0 Å². The highest BCUT2D eigenvalue weighted by molar-refractivity contribution is 5.91. The summed E-state index contributed by atoms with van der Waals surface area (Å²) >= 11 is 0. The Morgan fingerprint density at radius 2 is 2.12 bits per heavy atom. The average molecular weight is 334 g/mol. The maximum absolute atomic E-state index is 12.2. The van der Waals surface area contributed by atoms with Gasteiger partial charge < -0.3 is 20.5 Å².